The lowest BCUT2D eigenvalue weighted by atomic mass is 10.1. The fraction of sp³-hybridized carbons (Fsp3) is 0.233. The fourth-order valence-electron chi connectivity index (χ4n) is 5.52. The summed E-state index contributed by atoms with van der Waals surface area (Å²) >= 11 is 0. The molecular weight excluding hydrogens is 472 g/mol. The van der Waals surface area contributed by atoms with Crippen LogP contribution in [0.15, 0.2) is 73.4 Å². The van der Waals surface area contributed by atoms with Crippen LogP contribution in [0.4, 0.5) is 0 Å². The first-order chi connectivity index (χ1) is 18.8. The number of pyridine rings is 3. The van der Waals surface area contributed by atoms with Gasteiger partial charge >= 0.3 is 0 Å². The van der Waals surface area contributed by atoms with Gasteiger partial charge in [0.15, 0.2) is 11.5 Å². The summed E-state index contributed by atoms with van der Waals surface area (Å²) in [4.78, 5) is 21.8. The van der Waals surface area contributed by atoms with E-state index in [1.54, 1.807) is 6.20 Å². The normalized spacial score (nSPS) is 14.1. The van der Waals surface area contributed by atoms with Crippen molar-refractivity contribution in [2.24, 2.45) is 5.92 Å². The second-order valence-electron chi connectivity index (χ2n) is 10.1. The Morgan fingerprint density at radius 1 is 0.895 bits per heavy atom. The van der Waals surface area contributed by atoms with Crippen LogP contribution in [-0.2, 0) is 6.54 Å². The first-order valence-corrected chi connectivity index (χ1v) is 13.2. The third-order valence-electron chi connectivity index (χ3n) is 7.49. The Kier molecular flexibility index (Phi) is 5.86. The van der Waals surface area contributed by atoms with E-state index in [2.05, 4.69) is 53.6 Å². The van der Waals surface area contributed by atoms with Gasteiger partial charge in [0.1, 0.15) is 5.69 Å². The Bertz CT molecular complexity index is 1710. The zero-order valence-electron chi connectivity index (χ0n) is 21.0. The van der Waals surface area contributed by atoms with Crippen molar-refractivity contribution in [3.05, 3.63) is 79.0 Å². The number of H-pyrrole nitrogens is 2. The van der Waals surface area contributed by atoms with Gasteiger partial charge in [-0.15, -0.1) is 0 Å². The standard InChI is InChI=1S/C30H28N8/c1-2-6-19(5-1)13-32-14-20-11-22(17-33-15-20)23-12-25-28(37-38-29(25)34-18-23)30-35-26-9-3-8-24(27(26)36-30)21-7-4-10-31-16-21/h3-4,7-12,15-19,32H,1-2,5-6,13-14H2,(H,35,36)(H,34,37,38). The second-order valence-corrected chi connectivity index (χ2v) is 10.1. The van der Waals surface area contributed by atoms with Crippen molar-refractivity contribution in [1.29, 1.82) is 0 Å². The summed E-state index contributed by atoms with van der Waals surface area (Å²) in [6, 6.07) is 14.4. The molecule has 0 atom stereocenters. The average molecular weight is 501 g/mol. The van der Waals surface area contributed by atoms with E-state index in [-0.39, 0.29) is 0 Å². The summed E-state index contributed by atoms with van der Waals surface area (Å²) in [5, 5.41) is 12.2. The summed E-state index contributed by atoms with van der Waals surface area (Å²) in [6.45, 7) is 1.90. The molecule has 0 saturated heterocycles. The zero-order chi connectivity index (χ0) is 25.3. The van der Waals surface area contributed by atoms with Crippen LogP contribution in [0.5, 0.6) is 0 Å². The van der Waals surface area contributed by atoms with Crippen molar-refractivity contribution in [3.63, 3.8) is 0 Å². The van der Waals surface area contributed by atoms with Gasteiger partial charge in [-0.25, -0.2) is 9.97 Å². The van der Waals surface area contributed by atoms with Crippen LogP contribution in [-0.4, -0.2) is 41.7 Å². The molecule has 1 aromatic carbocycles. The smallest absolute Gasteiger partial charge is 0.159 e. The molecule has 7 rings (SSSR count). The van der Waals surface area contributed by atoms with Crippen LogP contribution in [0, 0.1) is 5.92 Å². The minimum atomic E-state index is 0.699. The number of para-hydroxylation sites is 1. The van der Waals surface area contributed by atoms with Crippen molar-refractivity contribution >= 4 is 22.1 Å². The molecule has 0 unspecified atom stereocenters. The molecule has 0 spiro atoms. The first kappa shape index (κ1) is 22.7. The summed E-state index contributed by atoms with van der Waals surface area (Å²) < 4.78 is 0. The number of nitrogens with zero attached hydrogens (tertiary/aromatic N) is 5. The molecular formula is C30H28N8. The number of hydrogen-bond donors (Lipinski definition) is 3. The molecule has 38 heavy (non-hydrogen) atoms. The largest absolute Gasteiger partial charge is 0.337 e. The molecule has 5 heterocycles. The fourth-order valence-corrected chi connectivity index (χ4v) is 5.52. The van der Waals surface area contributed by atoms with Crippen molar-refractivity contribution in [1.82, 2.24) is 40.4 Å². The summed E-state index contributed by atoms with van der Waals surface area (Å²) in [7, 11) is 0. The third-order valence-corrected chi connectivity index (χ3v) is 7.49. The lowest BCUT2D eigenvalue weighted by Gasteiger charge is -2.11. The van der Waals surface area contributed by atoms with E-state index < -0.39 is 0 Å². The highest BCUT2D eigenvalue weighted by atomic mass is 15.2. The summed E-state index contributed by atoms with van der Waals surface area (Å²) in [5.74, 6) is 1.51. The highest BCUT2D eigenvalue weighted by Gasteiger charge is 2.17. The minimum Gasteiger partial charge on any atom is -0.337 e. The van der Waals surface area contributed by atoms with Gasteiger partial charge in [-0.05, 0) is 55.1 Å². The maximum Gasteiger partial charge on any atom is 0.159 e. The van der Waals surface area contributed by atoms with E-state index >= 15 is 0 Å². The number of imidazole rings is 1. The van der Waals surface area contributed by atoms with Crippen LogP contribution in [0.25, 0.3) is 55.8 Å². The second kappa shape index (κ2) is 9.79. The Labute approximate surface area is 220 Å². The molecule has 0 bridgehead atoms. The number of nitrogens with one attached hydrogen (secondary N) is 3. The zero-order valence-corrected chi connectivity index (χ0v) is 21.0. The molecule has 8 heteroatoms. The number of fused-ring (bicyclic) bond motifs is 2. The Hall–Kier alpha value is -4.43. The predicted molar refractivity (Wildman–Crippen MR) is 149 cm³/mol. The van der Waals surface area contributed by atoms with E-state index in [9.17, 15) is 0 Å². The Balaban J connectivity index is 1.20. The molecule has 6 aromatic rings. The molecule has 1 aliphatic rings. The molecule has 0 aliphatic heterocycles. The van der Waals surface area contributed by atoms with Gasteiger partial charge in [-0.1, -0.05) is 31.0 Å². The van der Waals surface area contributed by atoms with Gasteiger partial charge in [0, 0.05) is 59.8 Å². The summed E-state index contributed by atoms with van der Waals surface area (Å²) in [5.41, 5.74) is 8.56. The molecule has 1 fully saturated rings. The van der Waals surface area contributed by atoms with Crippen LogP contribution in [0.3, 0.4) is 0 Å². The maximum absolute atomic E-state index is 4.95. The van der Waals surface area contributed by atoms with Gasteiger partial charge in [0.2, 0.25) is 0 Å². The van der Waals surface area contributed by atoms with Crippen LogP contribution in [0.1, 0.15) is 31.2 Å². The van der Waals surface area contributed by atoms with Crippen LogP contribution in [0.2, 0.25) is 0 Å². The van der Waals surface area contributed by atoms with Crippen molar-refractivity contribution in [2.75, 3.05) is 6.54 Å². The van der Waals surface area contributed by atoms with Gasteiger partial charge in [0.05, 0.1) is 16.4 Å². The number of aromatic nitrogens is 7. The van der Waals surface area contributed by atoms with E-state index in [1.165, 1.54) is 31.2 Å². The molecule has 1 aliphatic carbocycles. The van der Waals surface area contributed by atoms with E-state index in [4.69, 9.17) is 4.98 Å². The number of aromatic amines is 2. The van der Waals surface area contributed by atoms with Gasteiger partial charge in [-0.3, -0.25) is 15.1 Å². The van der Waals surface area contributed by atoms with Crippen LogP contribution < -0.4 is 5.32 Å². The molecule has 1 saturated carbocycles. The van der Waals surface area contributed by atoms with Crippen molar-refractivity contribution in [3.8, 4) is 33.8 Å². The lowest BCUT2D eigenvalue weighted by molar-refractivity contribution is 0.489. The topological polar surface area (TPSA) is 108 Å². The van der Waals surface area contributed by atoms with E-state index in [0.29, 0.717) is 5.82 Å². The number of rotatable bonds is 7. The summed E-state index contributed by atoms with van der Waals surface area (Å²) in [6.07, 6.45) is 14.8. The Morgan fingerprint density at radius 3 is 2.68 bits per heavy atom. The molecule has 8 nitrogen and oxygen atoms in total. The highest BCUT2D eigenvalue weighted by molar-refractivity contribution is 5.97. The lowest BCUT2D eigenvalue weighted by Crippen LogP contribution is -2.20. The molecule has 5 aromatic heterocycles. The molecule has 0 amide bonds. The minimum absolute atomic E-state index is 0.699. The third kappa shape index (κ3) is 4.33. The van der Waals surface area contributed by atoms with Gasteiger partial charge in [0.25, 0.3) is 0 Å². The van der Waals surface area contributed by atoms with Crippen molar-refractivity contribution < 1.29 is 0 Å². The van der Waals surface area contributed by atoms with E-state index in [0.717, 1.165) is 69.0 Å². The molecule has 3 N–H and O–H groups in total. The molecule has 188 valence electrons. The SMILES string of the molecule is c1cncc(-c2cccc3[nH]c(-c4n[nH]c5ncc(-c6cncc(CNCC7CCCC7)c6)cc45)nc23)c1. The first-order valence-electron chi connectivity index (χ1n) is 13.2. The van der Waals surface area contributed by atoms with Crippen LogP contribution >= 0.6 is 0 Å². The monoisotopic (exact) mass is 500 g/mol. The van der Waals surface area contributed by atoms with Gasteiger partial charge in [-0.2, -0.15) is 5.10 Å². The number of benzene rings is 1. The maximum atomic E-state index is 4.95. The van der Waals surface area contributed by atoms with Crippen molar-refractivity contribution in [2.45, 2.75) is 32.2 Å². The predicted octanol–water partition coefficient (Wildman–Crippen LogP) is 5.91. The molecule has 0 radical (unpaired) electrons. The average Bonchev–Trinajstić information content (AvgIpc) is 3.73. The number of hydrogen-bond acceptors (Lipinski definition) is 6. The quantitative estimate of drug-likeness (QED) is 0.252. The Morgan fingerprint density at radius 2 is 1.79 bits per heavy atom. The highest BCUT2D eigenvalue weighted by Crippen LogP contribution is 2.32. The van der Waals surface area contributed by atoms with E-state index in [1.807, 2.05) is 49.1 Å². The van der Waals surface area contributed by atoms with Gasteiger partial charge < -0.3 is 10.3 Å².